The number of fused-ring (bicyclic) bond motifs is 2. The third kappa shape index (κ3) is 1.10. The molecule has 1 saturated carbocycles. The summed E-state index contributed by atoms with van der Waals surface area (Å²) in [5, 5.41) is 8.81. The second-order valence-corrected chi connectivity index (χ2v) is 4.01. The van der Waals surface area contributed by atoms with E-state index in [2.05, 4.69) is 9.97 Å². The van der Waals surface area contributed by atoms with Gasteiger partial charge in [0.05, 0.1) is 12.3 Å². The fraction of sp³-hybridized carbons (Fsp3) is 0.500. The monoisotopic (exact) mass is 206 g/mol. The first kappa shape index (κ1) is 8.79. The average molecular weight is 206 g/mol. The van der Waals surface area contributed by atoms with Gasteiger partial charge in [-0.3, -0.25) is 0 Å². The number of aromatic nitrogens is 2. The van der Waals surface area contributed by atoms with Crippen molar-refractivity contribution in [2.75, 3.05) is 0 Å². The maximum Gasteiger partial charge on any atom is 0.373 e. The lowest BCUT2D eigenvalue weighted by Crippen LogP contribution is -2.34. The van der Waals surface area contributed by atoms with Gasteiger partial charge in [-0.2, -0.15) is 0 Å². The SMILES string of the molecule is O=C(O)c1ncc2c(n1)C1(CCC1)OC2. The van der Waals surface area contributed by atoms with Crippen LogP contribution in [-0.4, -0.2) is 21.0 Å². The van der Waals surface area contributed by atoms with Gasteiger partial charge in [0.2, 0.25) is 5.82 Å². The van der Waals surface area contributed by atoms with Gasteiger partial charge >= 0.3 is 5.97 Å². The van der Waals surface area contributed by atoms with Crippen LogP contribution in [0.5, 0.6) is 0 Å². The number of aromatic carboxylic acids is 1. The molecule has 1 fully saturated rings. The van der Waals surface area contributed by atoms with E-state index in [1.54, 1.807) is 6.20 Å². The minimum atomic E-state index is -1.08. The molecule has 2 aliphatic rings. The van der Waals surface area contributed by atoms with E-state index >= 15 is 0 Å². The highest BCUT2D eigenvalue weighted by atomic mass is 16.5. The summed E-state index contributed by atoms with van der Waals surface area (Å²) in [5.74, 6) is -1.22. The van der Waals surface area contributed by atoms with Crippen LogP contribution in [0.25, 0.3) is 0 Å². The lowest BCUT2D eigenvalue weighted by molar-refractivity contribution is -0.0966. The summed E-state index contributed by atoms with van der Waals surface area (Å²) >= 11 is 0. The predicted octanol–water partition coefficient (Wildman–Crippen LogP) is 1.08. The van der Waals surface area contributed by atoms with Crippen LogP contribution in [-0.2, 0) is 16.9 Å². The normalized spacial score (nSPS) is 21.1. The van der Waals surface area contributed by atoms with Crippen LogP contribution in [0.2, 0.25) is 0 Å². The molecular formula is C10H10N2O3. The molecule has 1 aromatic heterocycles. The predicted molar refractivity (Wildman–Crippen MR) is 49.3 cm³/mol. The van der Waals surface area contributed by atoms with E-state index in [-0.39, 0.29) is 11.4 Å². The maximum atomic E-state index is 10.8. The number of carbonyl (C=O) groups is 1. The third-order valence-corrected chi connectivity index (χ3v) is 3.15. The van der Waals surface area contributed by atoms with Crippen molar-refractivity contribution in [3.8, 4) is 0 Å². The molecule has 5 nitrogen and oxygen atoms in total. The zero-order valence-corrected chi connectivity index (χ0v) is 8.06. The Kier molecular flexibility index (Phi) is 1.62. The van der Waals surface area contributed by atoms with Gasteiger partial charge in [0, 0.05) is 11.8 Å². The molecule has 1 aromatic rings. The zero-order chi connectivity index (χ0) is 10.5. The molecule has 0 aromatic carbocycles. The van der Waals surface area contributed by atoms with Crippen LogP contribution in [0.4, 0.5) is 0 Å². The van der Waals surface area contributed by atoms with Crippen LogP contribution < -0.4 is 0 Å². The van der Waals surface area contributed by atoms with E-state index in [1.807, 2.05) is 0 Å². The average Bonchev–Trinajstić information content (AvgIpc) is 2.54. The highest BCUT2D eigenvalue weighted by Gasteiger charge is 2.47. The molecule has 1 aliphatic carbocycles. The van der Waals surface area contributed by atoms with Crippen molar-refractivity contribution >= 4 is 5.97 Å². The third-order valence-electron chi connectivity index (χ3n) is 3.15. The molecular weight excluding hydrogens is 196 g/mol. The molecule has 15 heavy (non-hydrogen) atoms. The highest BCUT2D eigenvalue weighted by Crippen LogP contribution is 2.49. The van der Waals surface area contributed by atoms with E-state index in [0.717, 1.165) is 30.5 Å². The Hall–Kier alpha value is -1.49. The van der Waals surface area contributed by atoms with Gasteiger partial charge in [-0.1, -0.05) is 0 Å². The van der Waals surface area contributed by atoms with Crippen LogP contribution in [0, 0.1) is 0 Å². The Morgan fingerprint density at radius 2 is 2.33 bits per heavy atom. The number of carboxylic acid groups (broad SMARTS) is 1. The molecule has 2 heterocycles. The lowest BCUT2D eigenvalue weighted by Gasteiger charge is -2.36. The summed E-state index contributed by atoms with van der Waals surface area (Å²) in [6, 6.07) is 0. The van der Waals surface area contributed by atoms with Crippen molar-refractivity contribution in [1.82, 2.24) is 9.97 Å². The van der Waals surface area contributed by atoms with E-state index < -0.39 is 5.97 Å². The molecule has 3 rings (SSSR count). The van der Waals surface area contributed by atoms with Crippen LogP contribution in [0.3, 0.4) is 0 Å². The topological polar surface area (TPSA) is 72.3 Å². The summed E-state index contributed by atoms with van der Waals surface area (Å²) in [7, 11) is 0. The summed E-state index contributed by atoms with van der Waals surface area (Å²) < 4.78 is 5.69. The van der Waals surface area contributed by atoms with Crippen molar-refractivity contribution < 1.29 is 14.6 Å². The molecule has 1 spiro atoms. The standard InChI is InChI=1S/C10H10N2O3/c13-9(14)8-11-4-6-5-15-10(2-1-3-10)7(6)12-8/h4H,1-3,5H2,(H,13,14). The molecule has 0 saturated heterocycles. The Balaban J connectivity index is 2.10. The second kappa shape index (κ2) is 2.76. The maximum absolute atomic E-state index is 10.8. The van der Waals surface area contributed by atoms with Crippen molar-refractivity contribution in [2.24, 2.45) is 0 Å². The summed E-state index contributed by atoms with van der Waals surface area (Å²) in [5.41, 5.74) is 1.43. The lowest BCUT2D eigenvalue weighted by atomic mass is 9.77. The van der Waals surface area contributed by atoms with Crippen molar-refractivity contribution in [1.29, 1.82) is 0 Å². The Labute approximate surface area is 86.1 Å². The Morgan fingerprint density at radius 1 is 1.53 bits per heavy atom. The van der Waals surface area contributed by atoms with Crippen molar-refractivity contribution in [3.63, 3.8) is 0 Å². The Bertz CT molecular complexity index is 440. The zero-order valence-electron chi connectivity index (χ0n) is 8.06. The minimum Gasteiger partial charge on any atom is -0.475 e. The van der Waals surface area contributed by atoms with Crippen molar-refractivity contribution in [2.45, 2.75) is 31.5 Å². The molecule has 5 heteroatoms. The van der Waals surface area contributed by atoms with Crippen LogP contribution in [0.15, 0.2) is 6.20 Å². The van der Waals surface area contributed by atoms with Gasteiger partial charge in [0.15, 0.2) is 0 Å². The highest BCUT2D eigenvalue weighted by molar-refractivity contribution is 5.83. The number of rotatable bonds is 1. The van der Waals surface area contributed by atoms with Gasteiger partial charge in [-0.15, -0.1) is 0 Å². The van der Waals surface area contributed by atoms with E-state index in [0.29, 0.717) is 6.61 Å². The molecule has 0 radical (unpaired) electrons. The molecule has 0 amide bonds. The fourth-order valence-corrected chi connectivity index (χ4v) is 2.17. The summed E-state index contributed by atoms with van der Waals surface area (Å²) in [4.78, 5) is 18.6. The molecule has 1 aliphatic heterocycles. The van der Waals surface area contributed by atoms with Crippen LogP contribution >= 0.6 is 0 Å². The van der Waals surface area contributed by atoms with Crippen molar-refractivity contribution in [3.05, 3.63) is 23.3 Å². The summed E-state index contributed by atoms with van der Waals surface area (Å²) in [6.45, 7) is 0.509. The largest absolute Gasteiger partial charge is 0.475 e. The first-order valence-electron chi connectivity index (χ1n) is 4.95. The Morgan fingerprint density at radius 3 is 2.93 bits per heavy atom. The quantitative estimate of drug-likeness (QED) is 0.744. The molecule has 78 valence electrons. The van der Waals surface area contributed by atoms with Crippen LogP contribution in [0.1, 0.15) is 41.1 Å². The number of hydrogen-bond donors (Lipinski definition) is 1. The second-order valence-electron chi connectivity index (χ2n) is 4.01. The van der Waals surface area contributed by atoms with Gasteiger partial charge < -0.3 is 9.84 Å². The van der Waals surface area contributed by atoms with Gasteiger partial charge in [-0.25, -0.2) is 14.8 Å². The smallest absolute Gasteiger partial charge is 0.373 e. The molecule has 1 N–H and O–H groups in total. The molecule has 0 atom stereocenters. The first-order chi connectivity index (χ1) is 7.21. The number of nitrogens with zero attached hydrogens (tertiary/aromatic N) is 2. The van der Waals surface area contributed by atoms with E-state index in [9.17, 15) is 4.79 Å². The summed E-state index contributed by atoms with van der Waals surface area (Å²) in [6.07, 6.45) is 4.57. The molecule has 0 bridgehead atoms. The fourth-order valence-electron chi connectivity index (χ4n) is 2.17. The minimum absolute atomic E-state index is 0.134. The van der Waals surface area contributed by atoms with Gasteiger partial charge in [-0.05, 0) is 19.3 Å². The number of hydrogen-bond acceptors (Lipinski definition) is 4. The van der Waals surface area contributed by atoms with Gasteiger partial charge in [0.25, 0.3) is 0 Å². The van der Waals surface area contributed by atoms with Gasteiger partial charge in [0.1, 0.15) is 5.60 Å². The van der Waals surface area contributed by atoms with E-state index in [4.69, 9.17) is 9.84 Å². The number of ether oxygens (including phenoxy) is 1. The molecule has 0 unspecified atom stereocenters. The number of carboxylic acids is 1. The van der Waals surface area contributed by atoms with E-state index in [1.165, 1.54) is 0 Å². The first-order valence-corrected chi connectivity index (χ1v) is 4.95.